The fourth-order valence-corrected chi connectivity index (χ4v) is 3.57. The Hall–Kier alpha value is -1.53. The molecule has 0 bridgehead atoms. The van der Waals surface area contributed by atoms with Gasteiger partial charge in [0, 0.05) is 38.4 Å². The maximum Gasteiger partial charge on any atom is 0.234 e. The van der Waals surface area contributed by atoms with Gasteiger partial charge >= 0.3 is 0 Å². The van der Waals surface area contributed by atoms with E-state index in [1.165, 1.54) is 0 Å². The molecule has 3 rings (SSSR count). The third-order valence-electron chi connectivity index (χ3n) is 3.16. The van der Waals surface area contributed by atoms with E-state index in [4.69, 9.17) is 5.73 Å². The molecule has 0 aliphatic carbocycles. The van der Waals surface area contributed by atoms with Crippen molar-refractivity contribution in [3.8, 4) is 0 Å². The molecule has 0 atom stereocenters. The number of thioether (sulfide) groups is 1. The lowest BCUT2D eigenvalue weighted by Gasteiger charge is -2.04. The summed E-state index contributed by atoms with van der Waals surface area (Å²) in [7, 11) is 0. The van der Waals surface area contributed by atoms with Gasteiger partial charge in [-0.2, -0.15) is 0 Å². The van der Waals surface area contributed by atoms with Crippen LogP contribution in [0.2, 0.25) is 0 Å². The number of anilines is 1. The first-order valence-corrected chi connectivity index (χ1v) is 8.31. The van der Waals surface area contributed by atoms with Crippen LogP contribution in [0.25, 0.3) is 5.78 Å². The normalized spacial score (nSPS) is 11.2. The Labute approximate surface area is 135 Å². The Kier molecular flexibility index (Phi) is 3.91. The summed E-state index contributed by atoms with van der Waals surface area (Å²) >= 11 is 5.15. The molecular weight excluding hydrogens is 348 g/mol. The van der Waals surface area contributed by atoms with Crippen molar-refractivity contribution in [1.82, 2.24) is 14.4 Å². The number of nitrogens with two attached hydrogens (primary N) is 1. The van der Waals surface area contributed by atoms with Gasteiger partial charge in [-0.25, -0.2) is 9.97 Å². The number of fused-ring (bicyclic) bond motifs is 1. The van der Waals surface area contributed by atoms with E-state index in [2.05, 4.69) is 38.9 Å². The zero-order chi connectivity index (χ0) is 15.0. The van der Waals surface area contributed by atoms with Gasteiger partial charge in [0.1, 0.15) is 0 Å². The molecule has 6 heteroatoms. The van der Waals surface area contributed by atoms with E-state index in [1.54, 1.807) is 11.8 Å². The third-order valence-corrected chi connectivity index (χ3v) is 4.76. The Morgan fingerprint density at radius 1 is 1.24 bits per heavy atom. The molecular formula is C15H15BrN4S. The number of hydrogen-bond acceptors (Lipinski definition) is 4. The lowest BCUT2D eigenvalue weighted by atomic mass is 10.3. The van der Waals surface area contributed by atoms with Crippen LogP contribution in [0.1, 0.15) is 17.1 Å². The van der Waals surface area contributed by atoms with Crippen LogP contribution in [-0.2, 0) is 5.75 Å². The minimum atomic E-state index is 0.755. The minimum Gasteiger partial charge on any atom is -0.398 e. The molecule has 0 saturated carbocycles. The molecule has 0 unspecified atom stereocenters. The number of nitrogens with zero attached hydrogens (tertiary/aromatic N) is 3. The molecule has 4 nitrogen and oxygen atoms in total. The number of aromatic nitrogens is 3. The monoisotopic (exact) mass is 362 g/mol. The first kappa shape index (κ1) is 14.4. The van der Waals surface area contributed by atoms with E-state index in [0.717, 1.165) is 43.7 Å². The summed E-state index contributed by atoms with van der Waals surface area (Å²) in [6.07, 6.45) is 2.04. The van der Waals surface area contributed by atoms with Crippen molar-refractivity contribution in [1.29, 1.82) is 0 Å². The average Bonchev–Trinajstić information content (AvgIpc) is 2.83. The topological polar surface area (TPSA) is 56.2 Å². The highest BCUT2D eigenvalue weighted by Gasteiger charge is 2.08. The molecule has 21 heavy (non-hydrogen) atoms. The van der Waals surface area contributed by atoms with E-state index in [0.29, 0.717) is 0 Å². The first-order valence-electron chi connectivity index (χ1n) is 6.53. The molecule has 1 aromatic carbocycles. The number of rotatable bonds is 3. The third kappa shape index (κ3) is 3.06. The van der Waals surface area contributed by atoms with Gasteiger partial charge in [0.25, 0.3) is 0 Å². The molecule has 0 radical (unpaired) electrons. The van der Waals surface area contributed by atoms with Crippen molar-refractivity contribution < 1.29 is 0 Å². The summed E-state index contributed by atoms with van der Waals surface area (Å²) in [5, 5.41) is 0. The fraction of sp³-hybridized carbons (Fsp3) is 0.200. The van der Waals surface area contributed by atoms with Crippen LogP contribution >= 0.6 is 27.7 Å². The molecule has 0 aliphatic rings. The predicted molar refractivity (Wildman–Crippen MR) is 90.6 cm³/mol. The van der Waals surface area contributed by atoms with Gasteiger partial charge < -0.3 is 5.73 Å². The van der Waals surface area contributed by atoms with Crippen LogP contribution in [0.15, 0.2) is 39.8 Å². The Morgan fingerprint density at radius 2 is 2.05 bits per heavy atom. The van der Waals surface area contributed by atoms with E-state index in [9.17, 15) is 0 Å². The van der Waals surface area contributed by atoms with Gasteiger partial charge in [-0.3, -0.25) is 4.40 Å². The molecule has 0 fully saturated rings. The highest BCUT2D eigenvalue weighted by molar-refractivity contribution is 9.10. The summed E-state index contributed by atoms with van der Waals surface area (Å²) < 4.78 is 3.05. The van der Waals surface area contributed by atoms with E-state index < -0.39 is 0 Å². The quantitative estimate of drug-likeness (QED) is 0.565. The van der Waals surface area contributed by atoms with Crippen molar-refractivity contribution in [2.75, 3.05) is 5.73 Å². The second kappa shape index (κ2) is 5.69. The predicted octanol–water partition coefficient (Wildman–Crippen LogP) is 3.98. The minimum absolute atomic E-state index is 0.755. The summed E-state index contributed by atoms with van der Waals surface area (Å²) in [5.41, 5.74) is 9.91. The lowest BCUT2D eigenvalue weighted by Crippen LogP contribution is -1.94. The molecule has 108 valence electrons. The van der Waals surface area contributed by atoms with Crippen molar-refractivity contribution in [2.45, 2.75) is 24.5 Å². The summed E-state index contributed by atoms with van der Waals surface area (Å²) in [5.74, 6) is 1.52. The second-order valence-electron chi connectivity index (χ2n) is 4.91. The van der Waals surface area contributed by atoms with E-state index in [-0.39, 0.29) is 0 Å². The molecule has 0 saturated heterocycles. The van der Waals surface area contributed by atoms with Crippen LogP contribution in [0, 0.1) is 13.8 Å². The molecule has 0 spiro atoms. The Morgan fingerprint density at radius 3 is 2.86 bits per heavy atom. The van der Waals surface area contributed by atoms with E-state index in [1.807, 2.05) is 35.7 Å². The largest absolute Gasteiger partial charge is 0.398 e. The maximum atomic E-state index is 5.99. The Bertz CT molecular complexity index is 813. The molecule has 2 heterocycles. The van der Waals surface area contributed by atoms with Gasteiger partial charge in [0.15, 0.2) is 0 Å². The average molecular weight is 363 g/mol. The van der Waals surface area contributed by atoms with Crippen LogP contribution in [-0.4, -0.2) is 14.4 Å². The highest BCUT2D eigenvalue weighted by Crippen LogP contribution is 2.30. The van der Waals surface area contributed by atoms with Crippen molar-refractivity contribution in [3.05, 3.63) is 52.0 Å². The van der Waals surface area contributed by atoms with E-state index >= 15 is 0 Å². The number of aryl methyl sites for hydroxylation is 2. The number of imidazole rings is 1. The van der Waals surface area contributed by atoms with Crippen molar-refractivity contribution in [3.63, 3.8) is 0 Å². The number of halogens is 1. The van der Waals surface area contributed by atoms with Gasteiger partial charge in [-0.15, -0.1) is 11.8 Å². The van der Waals surface area contributed by atoms with Crippen LogP contribution < -0.4 is 5.73 Å². The smallest absolute Gasteiger partial charge is 0.234 e. The van der Waals surface area contributed by atoms with Gasteiger partial charge in [-0.1, -0.05) is 15.9 Å². The number of hydrogen-bond donors (Lipinski definition) is 1. The molecule has 0 amide bonds. The number of benzene rings is 1. The second-order valence-corrected chi connectivity index (χ2v) is 6.84. The fourth-order valence-electron chi connectivity index (χ4n) is 2.17. The van der Waals surface area contributed by atoms with Gasteiger partial charge in [0.2, 0.25) is 5.78 Å². The summed E-state index contributed by atoms with van der Waals surface area (Å²) in [6, 6.07) is 7.94. The lowest BCUT2D eigenvalue weighted by molar-refractivity contribution is 1.01. The zero-order valence-electron chi connectivity index (χ0n) is 11.8. The summed E-state index contributed by atoms with van der Waals surface area (Å²) in [4.78, 5) is 10.1. The van der Waals surface area contributed by atoms with Crippen LogP contribution in [0.3, 0.4) is 0 Å². The van der Waals surface area contributed by atoms with Gasteiger partial charge in [0.05, 0.1) is 5.69 Å². The first-order chi connectivity index (χ1) is 10.0. The standard InChI is InChI=1S/C15H15BrN4S/c1-9-5-10(2)20-7-12(19-15(20)18-9)8-21-14-6-11(16)3-4-13(14)17/h3-7H,8,17H2,1-2H3. The van der Waals surface area contributed by atoms with Crippen LogP contribution in [0.4, 0.5) is 5.69 Å². The van der Waals surface area contributed by atoms with Crippen LogP contribution in [0.5, 0.6) is 0 Å². The highest BCUT2D eigenvalue weighted by atomic mass is 79.9. The van der Waals surface area contributed by atoms with Crippen molar-refractivity contribution in [2.24, 2.45) is 0 Å². The van der Waals surface area contributed by atoms with Crippen molar-refractivity contribution >= 4 is 39.2 Å². The molecule has 2 N–H and O–H groups in total. The SMILES string of the molecule is Cc1cc(C)n2cc(CSc3cc(Br)ccc3N)nc2n1. The zero-order valence-corrected chi connectivity index (χ0v) is 14.2. The molecule has 0 aliphatic heterocycles. The summed E-state index contributed by atoms with van der Waals surface area (Å²) in [6.45, 7) is 4.05. The van der Waals surface area contributed by atoms with Gasteiger partial charge in [-0.05, 0) is 38.1 Å². The maximum absolute atomic E-state index is 5.99. The number of nitrogen functional groups attached to an aromatic ring is 1. The Balaban J connectivity index is 1.85. The molecule has 2 aromatic heterocycles. The molecule has 3 aromatic rings.